The van der Waals surface area contributed by atoms with Crippen LogP contribution in [-0.4, -0.2) is 18.1 Å². The molecule has 0 radical (unpaired) electrons. The van der Waals surface area contributed by atoms with E-state index in [1.54, 1.807) is 6.20 Å². The molecule has 76 valence electrons. The molecule has 0 spiro atoms. The summed E-state index contributed by atoms with van der Waals surface area (Å²) in [5, 5.41) is 3.30. The van der Waals surface area contributed by atoms with Crippen molar-refractivity contribution in [2.24, 2.45) is 0 Å². The Morgan fingerprint density at radius 3 is 3.07 bits per heavy atom. The summed E-state index contributed by atoms with van der Waals surface area (Å²) in [5.41, 5.74) is 1.12. The Kier molecular flexibility index (Phi) is 5.49. The Labute approximate surface area is 93.6 Å². The number of nitrogens with one attached hydrogen (secondary N) is 1. The van der Waals surface area contributed by atoms with Crippen molar-refractivity contribution in [3.63, 3.8) is 0 Å². The maximum Gasteiger partial charge on any atom is 0.0410 e. The molecular formula is C11H15BrN2. The van der Waals surface area contributed by atoms with Gasteiger partial charge in [0.25, 0.3) is 0 Å². The molecule has 0 atom stereocenters. The second-order valence-electron chi connectivity index (χ2n) is 3.04. The largest absolute Gasteiger partial charge is 0.313 e. The van der Waals surface area contributed by atoms with Gasteiger partial charge in [-0.1, -0.05) is 19.1 Å². The van der Waals surface area contributed by atoms with Gasteiger partial charge in [0.1, 0.15) is 0 Å². The van der Waals surface area contributed by atoms with E-state index >= 15 is 0 Å². The van der Waals surface area contributed by atoms with Crippen LogP contribution < -0.4 is 5.32 Å². The fourth-order valence-electron chi connectivity index (χ4n) is 1.08. The second kappa shape index (κ2) is 6.74. The summed E-state index contributed by atoms with van der Waals surface area (Å²) in [7, 11) is 0. The summed E-state index contributed by atoms with van der Waals surface area (Å²) in [6.07, 6.45) is 8.99. The summed E-state index contributed by atoms with van der Waals surface area (Å²) in [6, 6.07) is 2.04. The topological polar surface area (TPSA) is 24.9 Å². The van der Waals surface area contributed by atoms with Crippen LogP contribution >= 0.6 is 15.9 Å². The predicted molar refractivity (Wildman–Crippen MR) is 64.1 cm³/mol. The van der Waals surface area contributed by atoms with Crippen molar-refractivity contribution in [2.45, 2.75) is 13.3 Å². The molecule has 1 rings (SSSR count). The third kappa shape index (κ3) is 4.53. The highest BCUT2D eigenvalue weighted by Gasteiger charge is 1.88. The number of aromatic nitrogens is 1. The molecule has 2 nitrogen and oxygen atoms in total. The molecule has 1 heterocycles. The van der Waals surface area contributed by atoms with E-state index in [0.29, 0.717) is 0 Å². The van der Waals surface area contributed by atoms with Gasteiger partial charge in [0.2, 0.25) is 0 Å². The van der Waals surface area contributed by atoms with Gasteiger partial charge in [-0.2, -0.15) is 0 Å². The molecule has 1 aromatic rings. The average molecular weight is 255 g/mol. The number of rotatable bonds is 5. The first kappa shape index (κ1) is 11.4. The quantitative estimate of drug-likeness (QED) is 0.818. The predicted octanol–water partition coefficient (Wildman–Crippen LogP) is 2.86. The van der Waals surface area contributed by atoms with E-state index in [-0.39, 0.29) is 0 Å². The summed E-state index contributed by atoms with van der Waals surface area (Å²) in [5.74, 6) is 0. The van der Waals surface area contributed by atoms with E-state index in [4.69, 9.17) is 0 Å². The fourth-order valence-corrected chi connectivity index (χ4v) is 1.46. The highest BCUT2D eigenvalue weighted by molar-refractivity contribution is 9.10. The number of hydrogen-bond donors (Lipinski definition) is 1. The highest BCUT2D eigenvalue weighted by atomic mass is 79.9. The lowest BCUT2D eigenvalue weighted by atomic mass is 10.2. The maximum atomic E-state index is 4.08. The lowest BCUT2D eigenvalue weighted by Gasteiger charge is -1.96. The normalized spacial score (nSPS) is 11.0. The highest BCUT2D eigenvalue weighted by Crippen LogP contribution is 2.10. The van der Waals surface area contributed by atoms with Crippen molar-refractivity contribution in [3.8, 4) is 0 Å². The minimum Gasteiger partial charge on any atom is -0.313 e. The Bertz CT molecular complexity index is 297. The monoisotopic (exact) mass is 254 g/mol. The van der Waals surface area contributed by atoms with Crippen LogP contribution in [0.1, 0.15) is 18.9 Å². The van der Waals surface area contributed by atoms with Crippen LogP contribution in [0.2, 0.25) is 0 Å². The summed E-state index contributed by atoms with van der Waals surface area (Å²) in [4.78, 5) is 4.08. The van der Waals surface area contributed by atoms with Crippen LogP contribution in [0, 0.1) is 0 Å². The van der Waals surface area contributed by atoms with E-state index in [1.165, 1.54) is 6.42 Å². The molecule has 14 heavy (non-hydrogen) atoms. The third-order valence-electron chi connectivity index (χ3n) is 1.73. The van der Waals surface area contributed by atoms with E-state index in [9.17, 15) is 0 Å². The minimum atomic E-state index is 0.917. The van der Waals surface area contributed by atoms with Crippen LogP contribution in [0.25, 0.3) is 6.08 Å². The molecule has 1 N–H and O–H groups in total. The van der Waals surface area contributed by atoms with Crippen molar-refractivity contribution in [3.05, 3.63) is 34.6 Å². The molecule has 0 saturated heterocycles. The van der Waals surface area contributed by atoms with Crippen LogP contribution in [0.15, 0.2) is 29.0 Å². The lowest BCUT2D eigenvalue weighted by molar-refractivity contribution is 0.730. The Morgan fingerprint density at radius 2 is 2.36 bits per heavy atom. The zero-order chi connectivity index (χ0) is 10.2. The fraction of sp³-hybridized carbons (Fsp3) is 0.364. The van der Waals surface area contributed by atoms with Crippen molar-refractivity contribution in [1.29, 1.82) is 0 Å². The van der Waals surface area contributed by atoms with Gasteiger partial charge >= 0.3 is 0 Å². The first-order valence-corrected chi connectivity index (χ1v) is 5.60. The second-order valence-corrected chi connectivity index (χ2v) is 3.96. The number of hydrogen-bond acceptors (Lipinski definition) is 2. The average Bonchev–Trinajstić information content (AvgIpc) is 2.18. The first-order chi connectivity index (χ1) is 6.83. The molecule has 0 aliphatic heterocycles. The van der Waals surface area contributed by atoms with E-state index in [0.717, 1.165) is 23.1 Å². The molecule has 0 unspecified atom stereocenters. The van der Waals surface area contributed by atoms with E-state index < -0.39 is 0 Å². The Balaban J connectivity index is 2.36. The van der Waals surface area contributed by atoms with Gasteiger partial charge in [0.05, 0.1) is 0 Å². The number of pyridine rings is 1. The molecule has 0 fully saturated rings. The number of nitrogens with zero attached hydrogens (tertiary/aromatic N) is 1. The van der Waals surface area contributed by atoms with Gasteiger partial charge in [-0.3, -0.25) is 4.98 Å². The Hall–Kier alpha value is -0.670. The molecule has 0 bridgehead atoms. The van der Waals surface area contributed by atoms with Crippen LogP contribution in [-0.2, 0) is 0 Å². The SMILES string of the molecule is CCCNC/C=C/c1cncc(Br)c1. The van der Waals surface area contributed by atoms with Crippen LogP contribution in [0.3, 0.4) is 0 Å². The van der Waals surface area contributed by atoms with Crippen molar-refractivity contribution in [2.75, 3.05) is 13.1 Å². The van der Waals surface area contributed by atoms with Gasteiger partial charge < -0.3 is 5.32 Å². The maximum absolute atomic E-state index is 4.08. The smallest absolute Gasteiger partial charge is 0.0410 e. The summed E-state index contributed by atoms with van der Waals surface area (Å²) >= 11 is 3.38. The molecule has 3 heteroatoms. The van der Waals surface area contributed by atoms with Gasteiger partial charge in [-0.05, 0) is 40.5 Å². The molecule has 0 aliphatic rings. The standard InChI is InChI=1S/C11H15BrN2/c1-2-5-13-6-3-4-10-7-11(12)9-14-8-10/h3-4,7-9,13H,2,5-6H2,1H3/b4-3+. The molecular weight excluding hydrogens is 240 g/mol. The summed E-state index contributed by atoms with van der Waals surface area (Å²) in [6.45, 7) is 4.15. The zero-order valence-electron chi connectivity index (χ0n) is 8.33. The van der Waals surface area contributed by atoms with Gasteiger partial charge in [-0.25, -0.2) is 0 Å². The third-order valence-corrected chi connectivity index (χ3v) is 2.16. The molecule has 0 aromatic carbocycles. The molecule has 0 aliphatic carbocycles. The summed E-state index contributed by atoms with van der Waals surface area (Å²) < 4.78 is 1.01. The number of halogens is 1. The zero-order valence-corrected chi connectivity index (χ0v) is 9.92. The Morgan fingerprint density at radius 1 is 1.50 bits per heavy atom. The lowest BCUT2D eigenvalue weighted by Crippen LogP contribution is -2.13. The first-order valence-electron chi connectivity index (χ1n) is 4.80. The van der Waals surface area contributed by atoms with Crippen LogP contribution in [0.5, 0.6) is 0 Å². The van der Waals surface area contributed by atoms with Gasteiger partial charge in [0.15, 0.2) is 0 Å². The van der Waals surface area contributed by atoms with Crippen molar-refractivity contribution in [1.82, 2.24) is 10.3 Å². The van der Waals surface area contributed by atoms with E-state index in [1.807, 2.05) is 12.3 Å². The van der Waals surface area contributed by atoms with Crippen molar-refractivity contribution >= 4 is 22.0 Å². The minimum absolute atomic E-state index is 0.917. The van der Waals surface area contributed by atoms with Gasteiger partial charge in [0, 0.05) is 23.4 Å². The molecule has 0 saturated carbocycles. The van der Waals surface area contributed by atoms with Crippen LogP contribution in [0.4, 0.5) is 0 Å². The molecule has 0 amide bonds. The van der Waals surface area contributed by atoms with E-state index in [2.05, 4.69) is 45.3 Å². The van der Waals surface area contributed by atoms with Gasteiger partial charge in [-0.15, -0.1) is 0 Å². The van der Waals surface area contributed by atoms with Crippen molar-refractivity contribution < 1.29 is 0 Å². The molecule has 1 aromatic heterocycles.